The molecule has 0 saturated carbocycles. The largest absolute Gasteiger partial charge is 0.573 e. The van der Waals surface area contributed by atoms with Gasteiger partial charge in [0.1, 0.15) is 23.3 Å². The number of hydrogen-bond donors (Lipinski definition) is 2. The minimum Gasteiger partial charge on any atom is -0.405 e. The number of hydrogen-bond acceptors (Lipinski definition) is 5. The van der Waals surface area contributed by atoms with Crippen molar-refractivity contribution >= 4 is 5.82 Å². The molecule has 1 aromatic heterocycles. The molecule has 0 radical (unpaired) electrons. The zero-order chi connectivity index (χ0) is 12.3. The predicted molar refractivity (Wildman–Crippen MR) is 46.0 cm³/mol. The quantitative estimate of drug-likeness (QED) is 0.792. The van der Waals surface area contributed by atoms with Crippen LogP contribution in [0, 0.1) is 11.3 Å². The predicted octanol–water partition coefficient (Wildman–Crippen LogP) is 0.926. The van der Waals surface area contributed by atoms with Gasteiger partial charge in [-0.15, -0.1) is 13.2 Å². The van der Waals surface area contributed by atoms with Gasteiger partial charge < -0.3 is 15.6 Å². The molecule has 0 unspecified atom stereocenters. The molecule has 5 nitrogen and oxygen atoms in total. The van der Waals surface area contributed by atoms with Crippen LogP contribution in [-0.4, -0.2) is 16.5 Å². The monoisotopic (exact) mass is 233 g/mol. The lowest BCUT2D eigenvalue weighted by Gasteiger charge is -2.13. The number of nitrogen functional groups attached to an aromatic ring is 1. The van der Waals surface area contributed by atoms with Gasteiger partial charge in [0.2, 0.25) is 0 Å². The van der Waals surface area contributed by atoms with E-state index >= 15 is 0 Å². The molecular formula is C8H6F3N3O2. The number of aromatic nitrogens is 1. The van der Waals surface area contributed by atoms with Gasteiger partial charge in [-0.05, 0) is 0 Å². The van der Waals surface area contributed by atoms with E-state index in [9.17, 15) is 13.2 Å². The van der Waals surface area contributed by atoms with Crippen LogP contribution in [0.25, 0.3) is 0 Å². The Balaban J connectivity index is 3.24. The van der Waals surface area contributed by atoms with Gasteiger partial charge >= 0.3 is 6.36 Å². The first kappa shape index (κ1) is 12.1. The van der Waals surface area contributed by atoms with Gasteiger partial charge in [-0.25, -0.2) is 4.98 Å². The lowest BCUT2D eigenvalue weighted by molar-refractivity contribution is -0.275. The summed E-state index contributed by atoms with van der Waals surface area (Å²) >= 11 is 0. The third-order valence-electron chi connectivity index (χ3n) is 1.61. The van der Waals surface area contributed by atoms with Crippen LogP contribution < -0.4 is 10.5 Å². The normalized spacial score (nSPS) is 10.9. The van der Waals surface area contributed by atoms with Gasteiger partial charge in [0.15, 0.2) is 0 Å². The van der Waals surface area contributed by atoms with Crippen molar-refractivity contribution in [3.8, 4) is 11.8 Å². The molecule has 8 heteroatoms. The first-order chi connectivity index (χ1) is 7.37. The van der Waals surface area contributed by atoms with Gasteiger partial charge in [0.05, 0.1) is 12.2 Å². The second-order valence-electron chi connectivity index (χ2n) is 2.69. The van der Waals surface area contributed by atoms with Crippen molar-refractivity contribution in [3.05, 3.63) is 17.3 Å². The standard InChI is InChI=1S/C8H6F3N3O2/c9-8(10,11)16-6-1-4(2-12)14-7(13)5(6)3-15/h1,15H,3H2,(H2,13,14). The fourth-order valence-electron chi connectivity index (χ4n) is 0.999. The summed E-state index contributed by atoms with van der Waals surface area (Å²) in [7, 11) is 0. The van der Waals surface area contributed by atoms with Crippen LogP contribution >= 0.6 is 0 Å². The number of anilines is 1. The average Bonchev–Trinajstić information content (AvgIpc) is 2.14. The summed E-state index contributed by atoms with van der Waals surface area (Å²) in [5.41, 5.74) is 4.62. The molecule has 0 amide bonds. The van der Waals surface area contributed by atoms with Crippen molar-refractivity contribution in [1.82, 2.24) is 4.98 Å². The molecule has 0 atom stereocenters. The molecule has 1 aromatic rings. The average molecular weight is 233 g/mol. The zero-order valence-electron chi connectivity index (χ0n) is 7.75. The van der Waals surface area contributed by atoms with E-state index in [-0.39, 0.29) is 17.1 Å². The maximum atomic E-state index is 12.0. The second-order valence-corrected chi connectivity index (χ2v) is 2.69. The number of nitrogens with two attached hydrogens (primary N) is 1. The third kappa shape index (κ3) is 2.74. The molecular weight excluding hydrogens is 227 g/mol. The highest BCUT2D eigenvalue weighted by Gasteiger charge is 2.32. The van der Waals surface area contributed by atoms with Crippen molar-refractivity contribution in [1.29, 1.82) is 5.26 Å². The summed E-state index contributed by atoms with van der Waals surface area (Å²) < 4.78 is 39.5. The summed E-state index contributed by atoms with van der Waals surface area (Å²) in [4.78, 5) is 3.46. The number of nitriles is 1. The maximum Gasteiger partial charge on any atom is 0.573 e. The molecule has 0 aromatic carbocycles. The van der Waals surface area contributed by atoms with Crippen molar-refractivity contribution in [3.63, 3.8) is 0 Å². The molecule has 1 heterocycles. The van der Waals surface area contributed by atoms with Gasteiger partial charge in [0.25, 0.3) is 0 Å². The summed E-state index contributed by atoms with van der Waals surface area (Å²) in [6, 6.07) is 2.28. The van der Waals surface area contributed by atoms with Crippen LogP contribution in [0.1, 0.15) is 11.3 Å². The van der Waals surface area contributed by atoms with Crippen LogP contribution in [0.4, 0.5) is 19.0 Å². The minimum atomic E-state index is -4.93. The number of rotatable bonds is 2. The highest BCUT2D eigenvalue weighted by Crippen LogP contribution is 2.29. The number of nitrogens with zero attached hydrogens (tertiary/aromatic N) is 2. The first-order valence-electron chi connectivity index (χ1n) is 3.93. The van der Waals surface area contributed by atoms with Crippen molar-refractivity contribution in [2.24, 2.45) is 0 Å². The molecule has 0 aliphatic heterocycles. The Kier molecular flexibility index (Phi) is 3.20. The fraction of sp³-hybridized carbons (Fsp3) is 0.250. The number of aliphatic hydroxyl groups is 1. The highest BCUT2D eigenvalue weighted by molar-refractivity contribution is 5.51. The summed E-state index contributed by atoms with van der Waals surface area (Å²) in [5, 5.41) is 17.3. The Hall–Kier alpha value is -2.01. The first-order valence-corrected chi connectivity index (χ1v) is 3.93. The Morgan fingerprint density at radius 1 is 1.56 bits per heavy atom. The van der Waals surface area contributed by atoms with Crippen molar-refractivity contribution < 1.29 is 23.0 Å². The molecule has 0 fully saturated rings. The number of alkyl halides is 3. The lowest BCUT2D eigenvalue weighted by Crippen LogP contribution is -2.19. The fourth-order valence-corrected chi connectivity index (χ4v) is 0.999. The Bertz CT molecular complexity index is 439. The van der Waals surface area contributed by atoms with E-state index in [1.807, 2.05) is 0 Å². The Morgan fingerprint density at radius 3 is 2.62 bits per heavy atom. The van der Waals surface area contributed by atoms with E-state index in [0.717, 1.165) is 6.07 Å². The van der Waals surface area contributed by atoms with Gasteiger partial charge in [-0.2, -0.15) is 5.26 Å². The lowest BCUT2D eigenvalue weighted by atomic mass is 10.2. The third-order valence-corrected chi connectivity index (χ3v) is 1.61. The van der Waals surface area contributed by atoms with Crippen LogP contribution in [0.3, 0.4) is 0 Å². The number of aliphatic hydroxyl groups excluding tert-OH is 1. The van der Waals surface area contributed by atoms with E-state index in [4.69, 9.17) is 16.1 Å². The molecule has 16 heavy (non-hydrogen) atoms. The van der Waals surface area contributed by atoms with Gasteiger partial charge in [-0.1, -0.05) is 0 Å². The van der Waals surface area contributed by atoms with Crippen LogP contribution in [0.15, 0.2) is 6.07 Å². The summed E-state index contributed by atoms with van der Waals surface area (Å²) in [5.74, 6) is -1.10. The molecule has 0 bridgehead atoms. The summed E-state index contributed by atoms with van der Waals surface area (Å²) in [6.45, 7) is -0.768. The molecule has 0 spiro atoms. The van der Waals surface area contributed by atoms with Crippen molar-refractivity contribution in [2.45, 2.75) is 13.0 Å². The molecule has 1 rings (SSSR count). The molecule has 0 aliphatic carbocycles. The van der Waals surface area contributed by atoms with E-state index < -0.39 is 18.7 Å². The van der Waals surface area contributed by atoms with Crippen LogP contribution in [-0.2, 0) is 6.61 Å². The maximum absolute atomic E-state index is 12.0. The second kappa shape index (κ2) is 4.24. The van der Waals surface area contributed by atoms with Gasteiger partial charge in [0, 0.05) is 6.07 Å². The molecule has 3 N–H and O–H groups in total. The SMILES string of the molecule is N#Cc1cc(OC(F)(F)F)c(CO)c(N)n1. The number of pyridine rings is 1. The summed E-state index contributed by atoms with van der Waals surface area (Å²) in [6.07, 6.45) is -4.93. The van der Waals surface area contributed by atoms with E-state index in [1.165, 1.54) is 6.07 Å². The number of halogens is 3. The Labute approximate surface area is 87.9 Å². The van der Waals surface area contributed by atoms with E-state index in [2.05, 4.69) is 9.72 Å². The topological polar surface area (TPSA) is 92.2 Å². The molecule has 0 aliphatic rings. The van der Waals surface area contributed by atoms with Gasteiger partial charge in [-0.3, -0.25) is 0 Å². The molecule has 0 saturated heterocycles. The van der Waals surface area contributed by atoms with Crippen LogP contribution in [0.2, 0.25) is 0 Å². The minimum absolute atomic E-state index is 0.309. The highest BCUT2D eigenvalue weighted by atomic mass is 19.4. The van der Waals surface area contributed by atoms with E-state index in [0.29, 0.717) is 0 Å². The zero-order valence-corrected chi connectivity index (χ0v) is 7.75. The number of ether oxygens (including phenoxy) is 1. The smallest absolute Gasteiger partial charge is 0.405 e. The molecule has 86 valence electrons. The Morgan fingerprint density at radius 2 is 2.19 bits per heavy atom. The van der Waals surface area contributed by atoms with E-state index in [1.54, 1.807) is 0 Å². The van der Waals surface area contributed by atoms with Crippen LogP contribution in [0.5, 0.6) is 5.75 Å². The van der Waals surface area contributed by atoms with Crippen molar-refractivity contribution in [2.75, 3.05) is 5.73 Å².